The van der Waals surface area contributed by atoms with E-state index < -0.39 is 6.04 Å². The fraction of sp³-hybridized carbons (Fsp3) is 0.467. The summed E-state index contributed by atoms with van der Waals surface area (Å²) in [5.41, 5.74) is 0.725. The van der Waals surface area contributed by atoms with Crippen LogP contribution in [0.5, 0.6) is 11.5 Å². The highest BCUT2D eigenvalue weighted by Gasteiger charge is 2.35. The van der Waals surface area contributed by atoms with Crippen molar-refractivity contribution >= 4 is 17.5 Å². The maximum Gasteiger partial charge on any atom is 0.251 e. The van der Waals surface area contributed by atoms with Gasteiger partial charge in [0.05, 0.1) is 19.6 Å². The molecule has 0 aliphatic carbocycles. The number of anilines is 1. The molecular weight excluding hydrogens is 272 g/mol. The predicted molar refractivity (Wildman–Crippen MR) is 78.6 cm³/mol. The zero-order valence-electron chi connectivity index (χ0n) is 12.5. The van der Waals surface area contributed by atoms with Crippen LogP contribution in [0.2, 0.25) is 0 Å². The maximum atomic E-state index is 11.9. The number of likely N-dealkylation sites (N-methyl/N-ethyl adjacent to an activating group) is 1. The molecule has 1 atom stereocenters. The first-order chi connectivity index (χ1) is 10.1. The molecule has 0 bridgehead atoms. The molecule has 1 aliphatic heterocycles. The molecule has 1 N–H and O–H groups in total. The minimum absolute atomic E-state index is 0.173. The lowest BCUT2D eigenvalue weighted by Crippen LogP contribution is -2.31. The molecule has 2 amide bonds. The molecule has 1 fully saturated rings. The number of nitrogens with zero attached hydrogens (tertiary/aromatic N) is 1. The fourth-order valence-corrected chi connectivity index (χ4v) is 2.21. The van der Waals surface area contributed by atoms with Gasteiger partial charge in [-0.15, -0.1) is 0 Å². The van der Waals surface area contributed by atoms with Gasteiger partial charge in [0, 0.05) is 18.8 Å². The molecule has 1 aromatic carbocycles. The van der Waals surface area contributed by atoms with Crippen LogP contribution in [0.15, 0.2) is 18.2 Å². The van der Waals surface area contributed by atoms with Crippen LogP contribution in [-0.4, -0.2) is 43.0 Å². The average molecular weight is 292 g/mol. The topological polar surface area (TPSA) is 67.9 Å². The molecule has 1 unspecified atom stereocenters. The Labute approximate surface area is 124 Å². The third kappa shape index (κ3) is 3.26. The van der Waals surface area contributed by atoms with E-state index in [9.17, 15) is 9.59 Å². The lowest BCUT2D eigenvalue weighted by Gasteiger charge is -2.15. The monoisotopic (exact) mass is 292 g/mol. The van der Waals surface area contributed by atoms with Gasteiger partial charge in [0.25, 0.3) is 5.91 Å². The molecule has 21 heavy (non-hydrogen) atoms. The second-order valence-corrected chi connectivity index (χ2v) is 4.72. The molecule has 1 heterocycles. The van der Waals surface area contributed by atoms with Crippen molar-refractivity contribution in [1.82, 2.24) is 4.90 Å². The van der Waals surface area contributed by atoms with Gasteiger partial charge in [-0.1, -0.05) is 0 Å². The van der Waals surface area contributed by atoms with Gasteiger partial charge in [0.2, 0.25) is 5.91 Å². The smallest absolute Gasteiger partial charge is 0.251 e. The molecular formula is C15H20N2O4. The highest BCUT2D eigenvalue weighted by molar-refractivity contribution is 6.06. The van der Waals surface area contributed by atoms with Gasteiger partial charge in [-0.2, -0.15) is 0 Å². The predicted octanol–water partition coefficient (Wildman–Crippen LogP) is 1.65. The van der Waals surface area contributed by atoms with Gasteiger partial charge in [-0.25, -0.2) is 0 Å². The molecule has 2 rings (SSSR count). The first-order valence-electron chi connectivity index (χ1n) is 7.03. The Kier molecular flexibility index (Phi) is 4.67. The maximum absolute atomic E-state index is 11.9. The van der Waals surface area contributed by atoms with Crippen molar-refractivity contribution in [3.8, 4) is 11.5 Å². The Balaban J connectivity index is 2.15. The molecule has 6 heteroatoms. The van der Waals surface area contributed by atoms with Crippen LogP contribution in [0.3, 0.4) is 0 Å². The van der Waals surface area contributed by atoms with Crippen LogP contribution in [0, 0.1) is 0 Å². The zero-order valence-corrected chi connectivity index (χ0v) is 12.5. The Morgan fingerprint density at radius 2 is 1.86 bits per heavy atom. The minimum atomic E-state index is -0.519. The van der Waals surface area contributed by atoms with Crippen molar-refractivity contribution in [3.63, 3.8) is 0 Å². The Bertz CT molecular complexity index is 544. The number of benzene rings is 1. The van der Waals surface area contributed by atoms with Crippen LogP contribution in [0.4, 0.5) is 5.69 Å². The van der Waals surface area contributed by atoms with Crippen LogP contribution >= 0.6 is 0 Å². The molecule has 1 aliphatic rings. The van der Waals surface area contributed by atoms with E-state index in [-0.39, 0.29) is 18.2 Å². The van der Waals surface area contributed by atoms with E-state index in [1.165, 1.54) is 7.05 Å². The van der Waals surface area contributed by atoms with E-state index in [0.717, 1.165) is 10.6 Å². The van der Waals surface area contributed by atoms with Crippen molar-refractivity contribution in [2.24, 2.45) is 0 Å². The number of ether oxygens (including phenoxy) is 2. The SMILES string of the molecule is CCOc1ccc(NC2CC(=O)N(C)C2=O)cc1OCC. The first-order valence-corrected chi connectivity index (χ1v) is 7.03. The fourth-order valence-electron chi connectivity index (χ4n) is 2.21. The third-order valence-electron chi connectivity index (χ3n) is 3.27. The second kappa shape index (κ2) is 6.47. The summed E-state index contributed by atoms with van der Waals surface area (Å²) in [6.07, 6.45) is 0.173. The third-order valence-corrected chi connectivity index (χ3v) is 3.27. The molecule has 114 valence electrons. The van der Waals surface area contributed by atoms with Crippen LogP contribution in [0.1, 0.15) is 20.3 Å². The summed E-state index contributed by atoms with van der Waals surface area (Å²) >= 11 is 0. The standard InChI is InChI=1S/C15H20N2O4/c1-4-20-12-7-6-10(8-13(12)21-5-2)16-11-9-14(18)17(3)15(11)19/h6-8,11,16H,4-5,9H2,1-3H3. The summed E-state index contributed by atoms with van der Waals surface area (Å²) in [7, 11) is 1.50. The van der Waals surface area contributed by atoms with Crippen LogP contribution < -0.4 is 14.8 Å². The first kappa shape index (κ1) is 15.2. The van der Waals surface area contributed by atoms with Crippen molar-refractivity contribution in [2.75, 3.05) is 25.6 Å². The van der Waals surface area contributed by atoms with Gasteiger partial charge in [0.15, 0.2) is 11.5 Å². The quantitative estimate of drug-likeness (QED) is 0.808. The summed E-state index contributed by atoms with van der Waals surface area (Å²) < 4.78 is 11.0. The highest BCUT2D eigenvalue weighted by atomic mass is 16.5. The van der Waals surface area contributed by atoms with Gasteiger partial charge >= 0.3 is 0 Å². The summed E-state index contributed by atoms with van der Waals surface area (Å²) in [6, 6.07) is 4.87. The van der Waals surface area contributed by atoms with Crippen molar-refractivity contribution in [1.29, 1.82) is 0 Å². The number of amides is 2. The number of nitrogens with one attached hydrogen (secondary N) is 1. The molecule has 1 aromatic rings. The van der Waals surface area contributed by atoms with Gasteiger partial charge < -0.3 is 14.8 Å². The molecule has 0 saturated carbocycles. The normalized spacial score (nSPS) is 18.0. The Morgan fingerprint density at radius 1 is 1.19 bits per heavy atom. The number of rotatable bonds is 6. The molecule has 0 spiro atoms. The minimum Gasteiger partial charge on any atom is -0.490 e. The van der Waals surface area contributed by atoms with E-state index in [1.54, 1.807) is 12.1 Å². The van der Waals surface area contributed by atoms with Crippen LogP contribution in [-0.2, 0) is 9.59 Å². The van der Waals surface area contributed by atoms with Crippen molar-refractivity contribution < 1.29 is 19.1 Å². The van der Waals surface area contributed by atoms with Gasteiger partial charge in [0.1, 0.15) is 6.04 Å². The van der Waals surface area contributed by atoms with Crippen molar-refractivity contribution in [2.45, 2.75) is 26.3 Å². The van der Waals surface area contributed by atoms with Crippen LogP contribution in [0.25, 0.3) is 0 Å². The summed E-state index contributed by atoms with van der Waals surface area (Å²) in [6.45, 7) is 4.87. The lowest BCUT2D eigenvalue weighted by atomic mass is 10.2. The number of imide groups is 1. The molecule has 1 saturated heterocycles. The largest absolute Gasteiger partial charge is 0.490 e. The van der Waals surface area contributed by atoms with Gasteiger partial charge in [-0.3, -0.25) is 14.5 Å². The number of likely N-dealkylation sites (tertiary alicyclic amines) is 1. The highest BCUT2D eigenvalue weighted by Crippen LogP contribution is 2.31. The number of hydrogen-bond donors (Lipinski definition) is 1. The number of hydrogen-bond acceptors (Lipinski definition) is 5. The number of carbonyl (C=O) groups is 2. The molecule has 0 aromatic heterocycles. The van der Waals surface area contributed by atoms with E-state index in [0.29, 0.717) is 24.7 Å². The summed E-state index contributed by atoms with van der Waals surface area (Å²) in [5.74, 6) is 0.894. The molecule has 0 radical (unpaired) electrons. The Hall–Kier alpha value is -2.24. The van der Waals surface area contributed by atoms with Gasteiger partial charge in [-0.05, 0) is 26.0 Å². The summed E-state index contributed by atoms with van der Waals surface area (Å²) in [4.78, 5) is 24.5. The van der Waals surface area contributed by atoms with E-state index >= 15 is 0 Å². The van der Waals surface area contributed by atoms with E-state index in [4.69, 9.17) is 9.47 Å². The lowest BCUT2D eigenvalue weighted by molar-refractivity contribution is -0.136. The number of carbonyl (C=O) groups excluding carboxylic acids is 2. The Morgan fingerprint density at radius 3 is 2.43 bits per heavy atom. The second-order valence-electron chi connectivity index (χ2n) is 4.72. The van der Waals surface area contributed by atoms with Crippen molar-refractivity contribution in [3.05, 3.63) is 18.2 Å². The molecule has 6 nitrogen and oxygen atoms in total. The summed E-state index contributed by atoms with van der Waals surface area (Å²) in [5, 5.41) is 3.07. The zero-order chi connectivity index (χ0) is 15.4. The van der Waals surface area contributed by atoms with E-state index in [2.05, 4.69) is 5.32 Å². The van der Waals surface area contributed by atoms with E-state index in [1.807, 2.05) is 19.9 Å². The average Bonchev–Trinajstić information content (AvgIpc) is 2.70.